The molecule has 2 unspecified atom stereocenters. The van der Waals surface area contributed by atoms with E-state index in [-0.39, 0.29) is 24.5 Å². The van der Waals surface area contributed by atoms with E-state index in [0.717, 1.165) is 43.4 Å². The molecule has 0 aromatic heterocycles. The van der Waals surface area contributed by atoms with Crippen molar-refractivity contribution in [2.24, 2.45) is 5.92 Å². The molecule has 4 rings (SSSR count). The third-order valence-corrected chi connectivity index (χ3v) is 6.92. The van der Waals surface area contributed by atoms with E-state index in [4.69, 9.17) is 9.47 Å². The summed E-state index contributed by atoms with van der Waals surface area (Å²) in [5.41, 5.74) is 1.10. The molecule has 2 aliphatic heterocycles. The molecule has 0 radical (unpaired) electrons. The van der Waals surface area contributed by atoms with Crippen LogP contribution in [0.5, 0.6) is 0 Å². The second-order valence-corrected chi connectivity index (χ2v) is 10.6. The third kappa shape index (κ3) is 6.16. The van der Waals surface area contributed by atoms with Crippen LogP contribution in [0.4, 0.5) is 9.59 Å². The van der Waals surface area contributed by atoms with Crippen molar-refractivity contribution in [1.82, 2.24) is 15.1 Å². The molecule has 1 N–H and O–H groups in total. The van der Waals surface area contributed by atoms with Gasteiger partial charge in [-0.2, -0.15) is 0 Å². The minimum absolute atomic E-state index is 0.0844. The van der Waals surface area contributed by atoms with E-state index < -0.39 is 23.8 Å². The maximum atomic E-state index is 13.8. The van der Waals surface area contributed by atoms with Gasteiger partial charge in [0.15, 0.2) is 0 Å². The van der Waals surface area contributed by atoms with Crippen LogP contribution in [-0.2, 0) is 20.9 Å². The molecule has 3 aliphatic rings. The fraction of sp³-hybridized carbons (Fsp3) is 0.593. The molecule has 2 atom stereocenters. The summed E-state index contributed by atoms with van der Waals surface area (Å²) in [7, 11) is 0. The van der Waals surface area contributed by atoms with Crippen molar-refractivity contribution in [3.8, 4) is 0 Å². The molecule has 35 heavy (non-hydrogen) atoms. The van der Waals surface area contributed by atoms with Crippen molar-refractivity contribution in [1.29, 1.82) is 0 Å². The first kappa shape index (κ1) is 25.1. The van der Waals surface area contributed by atoms with E-state index in [0.29, 0.717) is 19.5 Å². The van der Waals surface area contributed by atoms with Crippen LogP contribution < -0.4 is 5.32 Å². The molecule has 1 saturated carbocycles. The second kappa shape index (κ2) is 10.7. The van der Waals surface area contributed by atoms with Crippen molar-refractivity contribution < 1.29 is 23.9 Å². The number of fused-ring (bicyclic) bond motifs is 1. The number of amides is 3. The summed E-state index contributed by atoms with van der Waals surface area (Å²) >= 11 is 0. The molecular weight excluding hydrogens is 446 g/mol. The van der Waals surface area contributed by atoms with Crippen molar-refractivity contribution in [3.05, 3.63) is 47.7 Å². The molecule has 8 nitrogen and oxygen atoms in total. The Balaban J connectivity index is 1.41. The number of likely N-dealkylation sites (tertiary alicyclic amines) is 1. The molecule has 0 bridgehead atoms. The molecule has 1 aromatic rings. The minimum Gasteiger partial charge on any atom is -0.444 e. The fourth-order valence-corrected chi connectivity index (χ4v) is 5.29. The highest BCUT2D eigenvalue weighted by Gasteiger charge is 2.44. The fourth-order valence-electron chi connectivity index (χ4n) is 5.29. The zero-order chi connectivity index (χ0) is 25.0. The van der Waals surface area contributed by atoms with E-state index in [9.17, 15) is 14.4 Å². The van der Waals surface area contributed by atoms with Crippen LogP contribution in [0.1, 0.15) is 64.9 Å². The van der Waals surface area contributed by atoms with Gasteiger partial charge in [-0.15, -0.1) is 0 Å². The number of ether oxygens (including phenoxy) is 2. The van der Waals surface area contributed by atoms with Gasteiger partial charge in [-0.1, -0.05) is 49.6 Å². The Hall–Kier alpha value is -3.03. The number of hydrogen-bond donors (Lipinski definition) is 1. The first-order chi connectivity index (χ1) is 16.7. The molecular formula is C27H37N3O5. The predicted octanol–water partition coefficient (Wildman–Crippen LogP) is 4.60. The lowest BCUT2D eigenvalue weighted by Gasteiger charge is -2.35. The lowest BCUT2D eigenvalue weighted by molar-refractivity contribution is -0.135. The Bertz CT molecular complexity index is 949. The first-order valence-electron chi connectivity index (χ1n) is 12.7. The molecule has 0 spiro atoms. The quantitative estimate of drug-likeness (QED) is 0.661. The molecule has 1 saturated heterocycles. The Labute approximate surface area is 207 Å². The summed E-state index contributed by atoms with van der Waals surface area (Å²) in [5, 5.41) is 2.89. The summed E-state index contributed by atoms with van der Waals surface area (Å²) in [6, 6.07) is 8.76. The van der Waals surface area contributed by atoms with Gasteiger partial charge in [0.05, 0.1) is 6.04 Å². The van der Waals surface area contributed by atoms with Gasteiger partial charge in [-0.25, -0.2) is 9.59 Å². The van der Waals surface area contributed by atoms with E-state index >= 15 is 0 Å². The maximum absolute atomic E-state index is 13.8. The van der Waals surface area contributed by atoms with E-state index in [1.165, 1.54) is 0 Å². The van der Waals surface area contributed by atoms with Crippen molar-refractivity contribution in [3.63, 3.8) is 0 Å². The normalized spacial score (nSPS) is 21.2. The van der Waals surface area contributed by atoms with Crippen LogP contribution in [0, 0.1) is 5.92 Å². The monoisotopic (exact) mass is 483 g/mol. The summed E-state index contributed by atoms with van der Waals surface area (Å²) in [5.74, 6) is -0.0142. The maximum Gasteiger partial charge on any atom is 0.414 e. The summed E-state index contributed by atoms with van der Waals surface area (Å²) < 4.78 is 11.0. The average molecular weight is 484 g/mol. The standard InChI is InChI=1S/C27H37N3O5/c1-27(2,3)35-25(32)28-23(20-12-8-5-9-13-20)24(31)29-16-14-22-21(29)15-17-30(22)26(33)34-18-19-10-6-4-7-11-19/h4,6-7,10-11,14,20-21,23H,5,8-9,12-13,15-18H2,1-3H3,(H,28,32). The van der Waals surface area contributed by atoms with Gasteiger partial charge >= 0.3 is 12.2 Å². The molecule has 2 heterocycles. The van der Waals surface area contributed by atoms with Gasteiger partial charge in [0, 0.05) is 18.8 Å². The van der Waals surface area contributed by atoms with Crippen LogP contribution in [-0.4, -0.2) is 58.7 Å². The second-order valence-electron chi connectivity index (χ2n) is 10.6. The predicted molar refractivity (Wildman–Crippen MR) is 131 cm³/mol. The van der Waals surface area contributed by atoms with Gasteiger partial charge < -0.3 is 19.7 Å². The third-order valence-electron chi connectivity index (χ3n) is 6.92. The topological polar surface area (TPSA) is 88.2 Å². The lowest BCUT2D eigenvalue weighted by atomic mass is 9.83. The molecule has 2 fully saturated rings. The number of nitrogens with one attached hydrogen (secondary N) is 1. The van der Waals surface area contributed by atoms with Crippen LogP contribution in [0.3, 0.4) is 0 Å². The SMILES string of the molecule is CC(C)(C)OC(=O)NC(C(=O)N1CC=C2C1CCN2C(=O)OCc1ccccc1)C1CCCCC1. The van der Waals surface area contributed by atoms with Crippen molar-refractivity contribution in [2.75, 3.05) is 13.1 Å². The number of benzene rings is 1. The highest BCUT2D eigenvalue weighted by atomic mass is 16.6. The Morgan fingerprint density at radius 1 is 1.06 bits per heavy atom. The number of hydrogen-bond acceptors (Lipinski definition) is 5. The Kier molecular flexibility index (Phi) is 7.67. The van der Waals surface area contributed by atoms with Crippen molar-refractivity contribution in [2.45, 2.75) is 83.6 Å². The van der Waals surface area contributed by atoms with Gasteiger partial charge in [-0.05, 0) is 57.6 Å². The summed E-state index contributed by atoms with van der Waals surface area (Å²) in [6.07, 6.45) is 6.70. The largest absolute Gasteiger partial charge is 0.444 e. The highest BCUT2D eigenvalue weighted by molar-refractivity contribution is 5.87. The molecule has 190 valence electrons. The number of alkyl carbamates (subject to hydrolysis) is 1. The van der Waals surface area contributed by atoms with Gasteiger partial charge in [0.25, 0.3) is 0 Å². The van der Waals surface area contributed by atoms with Gasteiger partial charge in [0.1, 0.15) is 18.2 Å². The van der Waals surface area contributed by atoms with Crippen LogP contribution in [0.25, 0.3) is 0 Å². The molecule has 1 aromatic carbocycles. The zero-order valence-electron chi connectivity index (χ0n) is 21.0. The van der Waals surface area contributed by atoms with Gasteiger partial charge in [-0.3, -0.25) is 9.69 Å². The molecule has 8 heteroatoms. The van der Waals surface area contributed by atoms with E-state index in [1.807, 2.05) is 57.2 Å². The first-order valence-corrected chi connectivity index (χ1v) is 12.7. The summed E-state index contributed by atoms with van der Waals surface area (Å²) in [6.45, 7) is 6.56. The number of carbonyl (C=O) groups is 3. The molecule has 3 amide bonds. The van der Waals surface area contributed by atoms with Crippen molar-refractivity contribution >= 4 is 18.1 Å². The average Bonchev–Trinajstić information content (AvgIpc) is 3.43. The van der Waals surface area contributed by atoms with Crippen LogP contribution in [0.2, 0.25) is 0 Å². The van der Waals surface area contributed by atoms with E-state index in [2.05, 4.69) is 5.32 Å². The molecule has 1 aliphatic carbocycles. The Morgan fingerprint density at radius 2 is 1.77 bits per heavy atom. The smallest absolute Gasteiger partial charge is 0.414 e. The summed E-state index contributed by atoms with van der Waals surface area (Å²) in [4.78, 5) is 42.6. The zero-order valence-corrected chi connectivity index (χ0v) is 21.0. The minimum atomic E-state index is -0.640. The van der Waals surface area contributed by atoms with E-state index in [1.54, 1.807) is 9.80 Å². The number of nitrogens with zero attached hydrogens (tertiary/aromatic N) is 2. The lowest BCUT2D eigenvalue weighted by Crippen LogP contribution is -2.54. The number of rotatable bonds is 5. The number of carbonyl (C=O) groups excluding carboxylic acids is 3. The van der Waals surface area contributed by atoms with Crippen LogP contribution in [0.15, 0.2) is 42.1 Å². The Morgan fingerprint density at radius 3 is 2.46 bits per heavy atom. The van der Waals surface area contributed by atoms with Gasteiger partial charge in [0.2, 0.25) is 5.91 Å². The highest BCUT2D eigenvalue weighted by Crippen LogP contribution is 2.34. The van der Waals surface area contributed by atoms with Crippen LogP contribution >= 0.6 is 0 Å².